The van der Waals surface area contributed by atoms with Gasteiger partial charge in [0.2, 0.25) is 11.8 Å². The second kappa shape index (κ2) is 8.83. The van der Waals surface area contributed by atoms with E-state index in [1.807, 2.05) is 29.2 Å². The van der Waals surface area contributed by atoms with Crippen molar-refractivity contribution < 1.29 is 9.59 Å². The van der Waals surface area contributed by atoms with Crippen molar-refractivity contribution in [3.05, 3.63) is 34.3 Å². The summed E-state index contributed by atoms with van der Waals surface area (Å²) in [7, 11) is 0. The number of carbonyl (C=O) groups excluding carboxylic acids is 2. The molecule has 1 aliphatic rings. The fourth-order valence-electron chi connectivity index (χ4n) is 2.90. The predicted octanol–water partition coefficient (Wildman–Crippen LogP) is 2.64. The molecule has 134 valence electrons. The van der Waals surface area contributed by atoms with Gasteiger partial charge in [0, 0.05) is 24.5 Å². The molecule has 1 aromatic carbocycles. The summed E-state index contributed by atoms with van der Waals surface area (Å²) in [6.45, 7) is 5.59. The molecule has 7 heteroatoms. The number of rotatable bonds is 5. The third kappa shape index (κ3) is 5.46. The number of halogens is 2. The minimum Gasteiger partial charge on any atom is -0.349 e. The van der Waals surface area contributed by atoms with Crippen LogP contribution >= 0.6 is 28.3 Å². The summed E-state index contributed by atoms with van der Waals surface area (Å²) in [4.78, 5) is 26.0. The SMILES string of the molecule is CC(=O)NC(CC(=O)N1CCC(C)(CN)C1)c1ccc(Br)cc1.Cl. The van der Waals surface area contributed by atoms with Gasteiger partial charge in [-0.3, -0.25) is 9.59 Å². The molecule has 1 aliphatic heterocycles. The molecule has 1 aromatic rings. The van der Waals surface area contributed by atoms with Crippen LogP contribution in [0.5, 0.6) is 0 Å². The van der Waals surface area contributed by atoms with E-state index in [0.29, 0.717) is 13.1 Å². The average molecular weight is 419 g/mol. The zero-order valence-corrected chi connectivity index (χ0v) is 16.5. The number of benzene rings is 1. The Morgan fingerprint density at radius 3 is 2.50 bits per heavy atom. The average Bonchev–Trinajstić information content (AvgIpc) is 2.90. The Morgan fingerprint density at radius 1 is 1.38 bits per heavy atom. The lowest BCUT2D eigenvalue weighted by Crippen LogP contribution is -2.37. The van der Waals surface area contributed by atoms with E-state index in [2.05, 4.69) is 28.2 Å². The fourth-order valence-corrected chi connectivity index (χ4v) is 3.16. The Bertz CT molecular complexity index is 582. The zero-order valence-electron chi connectivity index (χ0n) is 14.0. The molecule has 0 spiro atoms. The first-order chi connectivity index (χ1) is 10.8. The van der Waals surface area contributed by atoms with Crippen LogP contribution in [-0.4, -0.2) is 36.3 Å². The second-order valence-corrected chi connectivity index (χ2v) is 7.50. The molecule has 0 saturated carbocycles. The maximum atomic E-state index is 12.6. The number of likely N-dealkylation sites (tertiary alicyclic amines) is 1. The highest BCUT2D eigenvalue weighted by Crippen LogP contribution is 2.30. The van der Waals surface area contributed by atoms with Crippen LogP contribution < -0.4 is 11.1 Å². The molecule has 1 heterocycles. The van der Waals surface area contributed by atoms with Crippen LogP contribution in [0.3, 0.4) is 0 Å². The molecule has 0 radical (unpaired) electrons. The minimum atomic E-state index is -0.308. The van der Waals surface area contributed by atoms with Gasteiger partial charge in [-0.05, 0) is 36.1 Å². The van der Waals surface area contributed by atoms with Gasteiger partial charge in [-0.15, -0.1) is 12.4 Å². The summed E-state index contributed by atoms with van der Waals surface area (Å²) in [6, 6.07) is 7.36. The molecule has 0 aromatic heterocycles. The molecular weight excluding hydrogens is 394 g/mol. The maximum Gasteiger partial charge on any atom is 0.225 e. The normalized spacial score (nSPS) is 21.1. The van der Waals surface area contributed by atoms with Gasteiger partial charge >= 0.3 is 0 Å². The van der Waals surface area contributed by atoms with Crippen LogP contribution in [0.25, 0.3) is 0 Å². The van der Waals surface area contributed by atoms with Gasteiger partial charge in [0.25, 0.3) is 0 Å². The number of nitrogens with one attached hydrogen (secondary N) is 1. The van der Waals surface area contributed by atoms with Crippen molar-refractivity contribution in [1.29, 1.82) is 0 Å². The Labute approximate surface area is 157 Å². The smallest absolute Gasteiger partial charge is 0.225 e. The fraction of sp³-hybridized carbons (Fsp3) is 0.529. The Hall–Kier alpha value is -1.11. The predicted molar refractivity (Wildman–Crippen MR) is 101 cm³/mol. The molecule has 0 aliphatic carbocycles. The van der Waals surface area contributed by atoms with Crippen molar-refractivity contribution in [2.24, 2.45) is 11.1 Å². The summed E-state index contributed by atoms with van der Waals surface area (Å²) >= 11 is 3.40. The number of nitrogens with two attached hydrogens (primary N) is 1. The molecular formula is C17H25BrClN3O2. The monoisotopic (exact) mass is 417 g/mol. The summed E-state index contributed by atoms with van der Waals surface area (Å²) in [5.74, 6) is -0.0808. The number of amides is 2. The van der Waals surface area contributed by atoms with E-state index >= 15 is 0 Å². The number of carbonyl (C=O) groups is 2. The van der Waals surface area contributed by atoms with Crippen molar-refractivity contribution in [2.75, 3.05) is 19.6 Å². The summed E-state index contributed by atoms with van der Waals surface area (Å²) in [5, 5.41) is 2.88. The molecule has 2 atom stereocenters. The number of nitrogens with zero attached hydrogens (tertiary/aromatic N) is 1. The van der Waals surface area contributed by atoms with Crippen molar-refractivity contribution in [2.45, 2.75) is 32.7 Å². The van der Waals surface area contributed by atoms with Gasteiger partial charge in [-0.2, -0.15) is 0 Å². The number of hydrogen-bond acceptors (Lipinski definition) is 3. The Balaban J connectivity index is 0.00000288. The van der Waals surface area contributed by atoms with Gasteiger partial charge in [0.05, 0.1) is 12.5 Å². The molecule has 2 rings (SSSR count). The molecule has 5 nitrogen and oxygen atoms in total. The third-order valence-electron chi connectivity index (χ3n) is 4.43. The van der Waals surface area contributed by atoms with E-state index in [-0.39, 0.29) is 42.1 Å². The van der Waals surface area contributed by atoms with Crippen molar-refractivity contribution in [1.82, 2.24) is 10.2 Å². The second-order valence-electron chi connectivity index (χ2n) is 6.59. The van der Waals surface area contributed by atoms with E-state index in [1.54, 1.807) is 0 Å². The highest BCUT2D eigenvalue weighted by atomic mass is 79.9. The first-order valence-corrected chi connectivity index (χ1v) is 8.63. The van der Waals surface area contributed by atoms with Crippen LogP contribution in [-0.2, 0) is 9.59 Å². The van der Waals surface area contributed by atoms with Gasteiger partial charge < -0.3 is 16.0 Å². The lowest BCUT2D eigenvalue weighted by molar-refractivity contribution is -0.131. The summed E-state index contributed by atoms with van der Waals surface area (Å²) < 4.78 is 0.965. The van der Waals surface area contributed by atoms with Gasteiger partial charge in [-0.25, -0.2) is 0 Å². The standard InChI is InChI=1S/C17H24BrN3O2.ClH/c1-12(22)20-15(13-3-5-14(18)6-4-13)9-16(23)21-8-7-17(2,10-19)11-21;/h3-6,15H,7-11,19H2,1-2H3,(H,20,22);1H. The Kier molecular flexibility index (Phi) is 7.70. The molecule has 0 bridgehead atoms. The Morgan fingerprint density at radius 2 is 2.00 bits per heavy atom. The summed E-state index contributed by atoms with van der Waals surface area (Å²) in [6.07, 6.45) is 1.19. The molecule has 2 amide bonds. The van der Waals surface area contributed by atoms with Crippen LogP contribution in [0.2, 0.25) is 0 Å². The minimum absolute atomic E-state index is 0. The largest absolute Gasteiger partial charge is 0.349 e. The lowest BCUT2D eigenvalue weighted by Gasteiger charge is -2.25. The van der Waals surface area contributed by atoms with E-state index < -0.39 is 0 Å². The number of hydrogen-bond donors (Lipinski definition) is 2. The van der Waals surface area contributed by atoms with Crippen LogP contribution in [0.1, 0.15) is 38.3 Å². The van der Waals surface area contributed by atoms with Crippen LogP contribution in [0, 0.1) is 5.41 Å². The topological polar surface area (TPSA) is 75.4 Å². The summed E-state index contributed by atoms with van der Waals surface area (Å²) in [5.41, 5.74) is 6.74. The molecule has 2 unspecified atom stereocenters. The van der Waals surface area contributed by atoms with Gasteiger partial charge in [0.1, 0.15) is 0 Å². The van der Waals surface area contributed by atoms with Crippen LogP contribution in [0.4, 0.5) is 0 Å². The molecule has 24 heavy (non-hydrogen) atoms. The first kappa shape index (κ1) is 20.9. The van der Waals surface area contributed by atoms with E-state index in [0.717, 1.165) is 23.0 Å². The van der Waals surface area contributed by atoms with Crippen molar-refractivity contribution >= 4 is 40.2 Å². The molecule has 3 N–H and O–H groups in total. The third-order valence-corrected chi connectivity index (χ3v) is 4.96. The highest BCUT2D eigenvalue weighted by Gasteiger charge is 2.35. The quantitative estimate of drug-likeness (QED) is 0.772. The van der Waals surface area contributed by atoms with E-state index in [1.165, 1.54) is 6.92 Å². The molecule has 1 fully saturated rings. The molecule has 1 saturated heterocycles. The van der Waals surface area contributed by atoms with Gasteiger partial charge in [0.15, 0.2) is 0 Å². The first-order valence-electron chi connectivity index (χ1n) is 7.83. The lowest BCUT2D eigenvalue weighted by atomic mass is 9.90. The highest BCUT2D eigenvalue weighted by molar-refractivity contribution is 9.10. The van der Waals surface area contributed by atoms with Crippen molar-refractivity contribution in [3.63, 3.8) is 0 Å². The van der Waals surface area contributed by atoms with Crippen molar-refractivity contribution in [3.8, 4) is 0 Å². The van der Waals surface area contributed by atoms with Crippen LogP contribution in [0.15, 0.2) is 28.7 Å². The van der Waals surface area contributed by atoms with E-state index in [9.17, 15) is 9.59 Å². The maximum absolute atomic E-state index is 12.6. The van der Waals surface area contributed by atoms with Gasteiger partial charge in [-0.1, -0.05) is 35.0 Å². The van der Waals surface area contributed by atoms with E-state index in [4.69, 9.17) is 5.73 Å². The zero-order chi connectivity index (χ0) is 17.0.